The molecule has 0 amide bonds. The Kier molecular flexibility index (Phi) is 4.90. The molecule has 1 aliphatic heterocycles. The highest BCUT2D eigenvalue weighted by atomic mass is 19.1. The Labute approximate surface area is 159 Å². The highest BCUT2D eigenvalue weighted by molar-refractivity contribution is 5.89. The first-order valence-electron chi connectivity index (χ1n) is 9.89. The van der Waals surface area contributed by atoms with Crippen molar-refractivity contribution < 1.29 is 13.9 Å². The van der Waals surface area contributed by atoms with E-state index < -0.39 is 5.97 Å². The van der Waals surface area contributed by atoms with E-state index in [-0.39, 0.29) is 17.4 Å². The van der Waals surface area contributed by atoms with Gasteiger partial charge in [0, 0.05) is 11.3 Å². The van der Waals surface area contributed by atoms with Gasteiger partial charge in [-0.25, -0.2) is 9.18 Å². The summed E-state index contributed by atoms with van der Waals surface area (Å²) >= 11 is 0. The molecule has 0 bridgehead atoms. The van der Waals surface area contributed by atoms with Crippen LogP contribution in [0.1, 0.15) is 71.6 Å². The summed E-state index contributed by atoms with van der Waals surface area (Å²) in [6.07, 6.45) is 5.69. The SMILES string of the molecule is CCc1ccc2c(c1)[C@@H]1CCCC[C@@H]1[C@@H](c1ccc(C(=O)OC)cc1F)N2. The minimum absolute atomic E-state index is 0.0676. The number of benzene rings is 2. The van der Waals surface area contributed by atoms with Crippen molar-refractivity contribution in [1.29, 1.82) is 0 Å². The van der Waals surface area contributed by atoms with E-state index in [2.05, 4.69) is 30.4 Å². The smallest absolute Gasteiger partial charge is 0.337 e. The Hall–Kier alpha value is -2.36. The number of anilines is 1. The second-order valence-electron chi connectivity index (χ2n) is 7.68. The van der Waals surface area contributed by atoms with Crippen LogP contribution in [0.5, 0.6) is 0 Å². The third-order valence-corrected chi connectivity index (χ3v) is 6.24. The lowest BCUT2D eigenvalue weighted by Gasteiger charge is -2.44. The Balaban J connectivity index is 1.74. The molecule has 1 heterocycles. The highest BCUT2D eigenvalue weighted by Crippen LogP contribution is 2.51. The monoisotopic (exact) mass is 367 g/mol. The first-order chi connectivity index (χ1) is 13.1. The maximum absolute atomic E-state index is 14.9. The second kappa shape index (κ2) is 7.34. The van der Waals surface area contributed by atoms with Crippen molar-refractivity contribution in [2.45, 2.75) is 51.0 Å². The van der Waals surface area contributed by atoms with Crippen LogP contribution in [-0.4, -0.2) is 13.1 Å². The fourth-order valence-corrected chi connectivity index (χ4v) is 4.82. The molecule has 1 aliphatic carbocycles. The highest BCUT2D eigenvalue weighted by Gasteiger charge is 2.39. The lowest BCUT2D eigenvalue weighted by molar-refractivity contribution is 0.0600. The number of hydrogen-bond acceptors (Lipinski definition) is 3. The van der Waals surface area contributed by atoms with Crippen molar-refractivity contribution in [2.75, 3.05) is 12.4 Å². The molecule has 2 aromatic carbocycles. The Morgan fingerprint density at radius 3 is 2.70 bits per heavy atom. The van der Waals surface area contributed by atoms with Crippen LogP contribution in [0, 0.1) is 11.7 Å². The van der Waals surface area contributed by atoms with Gasteiger partial charge in [0.25, 0.3) is 0 Å². The van der Waals surface area contributed by atoms with Gasteiger partial charge in [0.05, 0.1) is 18.7 Å². The third kappa shape index (κ3) is 3.22. The summed E-state index contributed by atoms with van der Waals surface area (Å²) in [4.78, 5) is 11.7. The summed E-state index contributed by atoms with van der Waals surface area (Å²) in [5.41, 5.74) is 4.76. The molecule has 0 radical (unpaired) electrons. The molecule has 142 valence electrons. The molecule has 2 aliphatic rings. The van der Waals surface area contributed by atoms with E-state index in [9.17, 15) is 9.18 Å². The van der Waals surface area contributed by atoms with Crippen LogP contribution in [0.25, 0.3) is 0 Å². The van der Waals surface area contributed by atoms with E-state index in [1.165, 1.54) is 37.1 Å². The van der Waals surface area contributed by atoms with Crippen molar-refractivity contribution in [3.05, 3.63) is 64.5 Å². The lowest BCUT2D eigenvalue weighted by atomic mass is 9.67. The predicted octanol–water partition coefficient (Wildman–Crippen LogP) is 5.62. The molecule has 1 saturated carbocycles. The molecule has 4 rings (SSSR count). The van der Waals surface area contributed by atoms with E-state index in [0.29, 0.717) is 17.4 Å². The van der Waals surface area contributed by atoms with Crippen LogP contribution in [-0.2, 0) is 11.2 Å². The van der Waals surface area contributed by atoms with Crippen molar-refractivity contribution in [2.24, 2.45) is 5.92 Å². The molecular weight excluding hydrogens is 341 g/mol. The third-order valence-electron chi connectivity index (χ3n) is 6.24. The van der Waals surface area contributed by atoms with Crippen molar-refractivity contribution in [3.8, 4) is 0 Å². The normalized spacial score (nSPS) is 23.7. The largest absolute Gasteiger partial charge is 0.465 e. The molecular formula is C23H26FNO2. The van der Waals surface area contributed by atoms with Gasteiger partial charge in [0.2, 0.25) is 0 Å². The van der Waals surface area contributed by atoms with Gasteiger partial charge < -0.3 is 10.1 Å². The van der Waals surface area contributed by atoms with Crippen LogP contribution >= 0.6 is 0 Å². The standard InChI is InChI=1S/C23H26FNO2/c1-3-14-8-11-21-19(12-14)16-6-4-5-7-17(16)22(25-21)18-10-9-15(13-20(18)24)23(26)27-2/h8-13,16-17,22,25H,3-7H2,1-2H3/t16-,17+,22+/m1/s1. The minimum atomic E-state index is -0.509. The number of esters is 1. The predicted molar refractivity (Wildman–Crippen MR) is 105 cm³/mol. The maximum atomic E-state index is 14.9. The quantitative estimate of drug-likeness (QED) is 0.716. The number of aryl methyl sites for hydroxylation is 1. The number of fused-ring (bicyclic) bond motifs is 3. The summed E-state index contributed by atoms with van der Waals surface area (Å²) in [6.45, 7) is 2.18. The van der Waals surface area contributed by atoms with Gasteiger partial charge in [-0.2, -0.15) is 0 Å². The molecule has 27 heavy (non-hydrogen) atoms. The molecule has 0 unspecified atom stereocenters. The fraction of sp³-hybridized carbons (Fsp3) is 0.435. The topological polar surface area (TPSA) is 38.3 Å². The summed E-state index contributed by atoms with van der Waals surface area (Å²) < 4.78 is 19.6. The first kappa shape index (κ1) is 18.0. The molecule has 1 N–H and O–H groups in total. The second-order valence-corrected chi connectivity index (χ2v) is 7.68. The summed E-state index contributed by atoms with van der Waals surface area (Å²) in [6, 6.07) is 11.3. The number of rotatable bonds is 3. The van der Waals surface area contributed by atoms with Crippen LogP contribution in [0.4, 0.5) is 10.1 Å². The first-order valence-corrected chi connectivity index (χ1v) is 9.89. The molecule has 1 fully saturated rings. The molecule has 0 saturated heterocycles. The van der Waals surface area contributed by atoms with Crippen LogP contribution in [0.3, 0.4) is 0 Å². The van der Waals surface area contributed by atoms with Gasteiger partial charge in [0.1, 0.15) is 5.82 Å². The van der Waals surface area contributed by atoms with E-state index in [0.717, 1.165) is 24.9 Å². The molecule has 0 spiro atoms. The van der Waals surface area contributed by atoms with Gasteiger partial charge in [-0.1, -0.05) is 38.0 Å². The fourth-order valence-electron chi connectivity index (χ4n) is 4.82. The number of ether oxygens (including phenoxy) is 1. The Morgan fingerprint density at radius 1 is 1.15 bits per heavy atom. The van der Waals surface area contributed by atoms with E-state index in [1.807, 2.05) is 0 Å². The number of methoxy groups -OCH3 is 1. The average molecular weight is 367 g/mol. The number of hydrogen-bond donors (Lipinski definition) is 1. The summed E-state index contributed by atoms with van der Waals surface area (Å²) in [5.74, 6) is -0.0126. The van der Waals surface area contributed by atoms with Crippen molar-refractivity contribution in [3.63, 3.8) is 0 Å². The molecule has 4 heteroatoms. The van der Waals surface area contributed by atoms with E-state index in [1.54, 1.807) is 12.1 Å². The zero-order valence-corrected chi connectivity index (χ0v) is 15.9. The zero-order chi connectivity index (χ0) is 19.0. The van der Waals surface area contributed by atoms with Crippen LogP contribution in [0.15, 0.2) is 36.4 Å². The number of halogens is 1. The average Bonchev–Trinajstić information content (AvgIpc) is 2.72. The molecule has 2 aromatic rings. The maximum Gasteiger partial charge on any atom is 0.337 e. The number of carbonyl (C=O) groups excluding carboxylic acids is 1. The minimum Gasteiger partial charge on any atom is -0.465 e. The van der Waals surface area contributed by atoms with Crippen molar-refractivity contribution >= 4 is 11.7 Å². The van der Waals surface area contributed by atoms with Crippen molar-refractivity contribution in [1.82, 2.24) is 0 Å². The number of carbonyl (C=O) groups is 1. The summed E-state index contributed by atoms with van der Waals surface area (Å²) in [7, 11) is 1.31. The Morgan fingerprint density at radius 2 is 1.96 bits per heavy atom. The van der Waals surface area contributed by atoms with Gasteiger partial charge in [-0.3, -0.25) is 0 Å². The summed E-state index contributed by atoms with van der Waals surface area (Å²) in [5, 5.41) is 3.61. The number of nitrogens with one attached hydrogen (secondary N) is 1. The molecule has 3 nitrogen and oxygen atoms in total. The zero-order valence-electron chi connectivity index (χ0n) is 15.9. The van der Waals surface area contributed by atoms with Crippen LogP contribution < -0.4 is 5.32 Å². The van der Waals surface area contributed by atoms with Gasteiger partial charge in [0.15, 0.2) is 0 Å². The van der Waals surface area contributed by atoms with E-state index in [4.69, 9.17) is 4.74 Å². The molecule has 0 aromatic heterocycles. The Bertz CT molecular complexity index is 863. The van der Waals surface area contributed by atoms with Crippen LogP contribution in [0.2, 0.25) is 0 Å². The van der Waals surface area contributed by atoms with Gasteiger partial charge in [-0.05, 0) is 60.4 Å². The van der Waals surface area contributed by atoms with E-state index >= 15 is 0 Å². The van der Waals surface area contributed by atoms with Gasteiger partial charge >= 0.3 is 5.97 Å². The van der Waals surface area contributed by atoms with Gasteiger partial charge in [-0.15, -0.1) is 0 Å². The lowest BCUT2D eigenvalue weighted by Crippen LogP contribution is -2.34. The molecule has 3 atom stereocenters.